The lowest BCUT2D eigenvalue weighted by Crippen LogP contribution is -2.36. The van der Waals surface area contributed by atoms with Gasteiger partial charge in [-0.1, -0.05) is 18.2 Å². The number of anilines is 2. The van der Waals surface area contributed by atoms with Crippen molar-refractivity contribution in [3.8, 4) is 5.75 Å². The van der Waals surface area contributed by atoms with Crippen molar-refractivity contribution in [3.63, 3.8) is 0 Å². The van der Waals surface area contributed by atoms with Crippen molar-refractivity contribution in [1.29, 1.82) is 0 Å². The first kappa shape index (κ1) is 18.2. The average molecular weight is 378 g/mol. The number of amides is 2. The van der Waals surface area contributed by atoms with Gasteiger partial charge in [-0.05, 0) is 42.7 Å². The summed E-state index contributed by atoms with van der Waals surface area (Å²) in [6.07, 6.45) is 2.20. The highest BCUT2D eigenvalue weighted by atomic mass is 16.5. The van der Waals surface area contributed by atoms with Crippen LogP contribution < -0.4 is 14.5 Å². The second-order valence-corrected chi connectivity index (χ2v) is 7.12. The van der Waals surface area contributed by atoms with E-state index in [1.807, 2.05) is 24.3 Å². The first-order chi connectivity index (χ1) is 13.5. The van der Waals surface area contributed by atoms with E-state index in [9.17, 15) is 14.4 Å². The van der Waals surface area contributed by atoms with Crippen LogP contribution in [0, 0.1) is 0 Å². The molecule has 6 nitrogen and oxygen atoms in total. The zero-order chi connectivity index (χ0) is 19.7. The molecule has 2 aromatic rings. The molecule has 2 aliphatic heterocycles. The van der Waals surface area contributed by atoms with E-state index in [1.165, 1.54) is 10.5 Å². The standard InChI is InChI=1S/C22H22N2O4/c1-23-18-13-16(8-10-20(18)28-14-22(23)27)19(25)9-11-21(26)24-12-4-6-15-5-2-3-7-17(15)24/h2-3,5,7-8,10,13H,4,6,9,11-12,14H2,1H3. The summed E-state index contributed by atoms with van der Waals surface area (Å²) < 4.78 is 5.39. The normalized spacial score (nSPS) is 15.5. The van der Waals surface area contributed by atoms with Gasteiger partial charge in [0.1, 0.15) is 5.75 Å². The summed E-state index contributed by atoms with van der Waals surface area (Å²) >= 11 is 0. The lowest BCUT2D eigenvalue weighted by molar-refractivity contribution is -0.121. The summed E-state index contributed by atoms with van der Waals surface area (Å²) in [7, 11) is 1.66. The Morgan fingerprint density at radius 2 is 1.89 bits per heavy atom. The summed E-state index contributed by atoms with van der Waals surface area (Å²) in [6, 6.07) is 13.0. The molecule has 0 spiro atoms. The van der Waals surface area contributed by atoms with E-state index in [4.69, 9.17) is 4.74 Å². The van der Waals surface area contributed by atoms with E-state index < -0.39 is 0 Å². The van der Waals surface area contributed by atoms with Crippen LogP contribution >= 0.6 is 0 Å². The molecule has 144 valence electrons. The fourth-order valence-corrected chi connectivity index (χ4v) is 3.74. The Bertz CT molecular complexity index is 953. The van der Waals surface area contributed by atoms with E-state index in [1.54, 1.807) is 30.1 Å². The van der Waals surface area contributed by atoms with Gasteiger partial charge in [-0.25, -0.2) is 0 Å². The summed E-state index contributed by atoms with van der Waals surface area (Å²) in [5, 5.41) is 0. The number of ether oxygens (including phenoxy) is 1. The molecule has 0 bridgehead atoms. The largest absolute Gasteiger partial charge is 0.482 e. The van der Waals surface area contributed by atoms with Crippen molar-refractivity contribution in [2.75, 3.05) is 30.0 Å². The Hall–Kier alpha value is -3.15. The van der Waals surface area contributed by atoms with E-state index in [-0.39, 0.29) is 37.0 Å². The molecule has 0 atom stereocenters. The topological polar surface area (TPSA) is 66.9 Å². The van der Waals surface area contributed by atoms with Gasteiger partial charge in [0, 0.05) is 37.7 Å². The van der Waals surface area contributed by atoms with Crippen molar-refractivity contribution in [1.82, 2.24) is 0 Å². The molecule has 0 unspecified atom stereocenters. The zero-order valence-corrected chi connectivity index (χ0v) is 15.8. The highest BCUT2D eigenvalue weighted by Crippen LogP contribution is 2.32. The Balaban J connectivity index is 1.44. The minimum Gasteiger partial charge on any atom is -0.482 e. The van der Waals surface area contributed by atoms with Crippen LogP contribution in [0.3, 0.4) is 0 Å². The van der Waals surface area contributed by atoms with Crippen LogP contribution in [0.1, 0.15) is 35.2 Å². The summed E-state index contributed by atoms with van der Waals surface area (Å²) in [6.45, 7) is 0.690. The van der Waals surface area contributed by atoms with Gasteiger partial charge in [-0.15, -0.1) is 0 Å². The quantitative estimate of drug-likeness (QED) is 0.767. The van der Waals surface area contributed by atoms with Crippen molar-refractivity contribution in [2.45, 2.75) is 25.7 Å². The van der Waals surface area contributed by atoms with Gasteiger partial charge in [0.05, 0.1) is 5.69 Å². The van der Waals surface area contributed by atoms with Crippen molar-refractivity contribution in [2.24, 2.45) is 0 Å². The second-order valence-electron chi connectivity index (χ2n) is 7.12. The molecule has 0 N–H and O–H groups in total. The molecule has 0 saturated heterocycles. The third-order valence-corrected chi connectivity index (χ3v) is 5.34. The number of Topliss-reactive ketones (excluding diaryl/α,β-unsaturated/α-hetero) is 1. The molecule has 6 heteroatoms. The van der Waals surface area contributed by atoms with Crippen LogP contribution in [0.4, 0.5) is 11.4 Å². The summed E-state index contributed by atoms with van der Waals surface area (Å²) in [4.78, 5) is 40.4. The van der Waals surface area contributed by atoms with E-state index >= 15 is 0 Å². The molecular weight excluding hydrogens is 356 g/mol. The van der Waals surface area contributed by atoms with Gasteiger partial charge in [-0.2, -0.15) is 0 Å². The molecule has 0 saturated carbocycles. The Kier molecular flexibility index (Phi) is 4.86. The summed E-state index contributed by atoms with van der Waals surface area (Å²) in [5.41, 5.74) is 3.20. The molecule has 2 aromatic carbocycles. The maximum Gasteiger partial charge on any atom is 0.264 e. The smallest absolute Gasteiger partial charge is 0.264 e. The van der Waals surface area contributed by atoms with E-state index in [2.05, 4.69) is 0 Å². The number of rotatable bonds is 4. The number of hydrogen-bond donors (Lipinski definition) is 0. The van der Waals surface area contributed by atoms with Crippen LogP contribution in [0.5, 0.6) is 5.75 Å². The van der Waals surface area contributed by atoms with Crippen LogP contribution in [0.25, 0.3) is 0 Å². The molecule has 2 aliphatic rings. The number of para-hydroxylation sites is 1. The molecule has 2 heterocycles. The molecule has 4 rings (SSSR count). The molecule has 0 aliphatic carbocycles. The lowest BCUT2D eigenvalue weighted by Gasteiger charge is -2.29. The van der Waals surface area contributed by atoms with Gasteiger partial charge in [0.25, 0.3) is 5.91 Å². The number of carbonyl (C=O) groups is 3. The minimum absolute atomic E-state index is 0.00258. The second kappa shape index (κ2) is 7.46. The third kappa shape index (κ3) is 3.38. The Labute approximate surface area is 163 Å². The van der Waals surface area contributed by atoms with Gasteiger partial charge in [0.2, 0.25) is 5.91 Å². The van der Waals surface area contributed by atoms with E-state index in [0.29, 0.717) is 23.5 Å². The lowest BCUT2D eigenvalue weighted by atomic mass is 10.0. The Morgan fingerprint density at radius 1 is 1.07 bits per heavy atom. The number of nitrogens with zero attached hydrogens (tertiary/aromatic N) is 2. The first-order valence-corrected chi connectivity index (χ1v) is 9.49. The number of benzene rings is 2. The monoisotopic (exact) mass is 378 g/mol. The zero-order valence-electron chi connectivity index (χ0n) is 15.8. The predicted molar refractivity (Wildman–Crippen MR) is 106 cm³/mol. The van der Waals surface area contributed by atoms with Gasteiger partial charge in [0.15, 0.2) is 12.4 Å². The molecular formula is C22H22N2O4. The number of aryl methyl sites for hydroxylation is 1. The SMILES string of the molecule is CN1C(=O)COc2ccc(C(=O)CCC(=O)N3CCCc4ccccc43)cc21. The fourth-order valence-electron chi connectivity index (χ4n) is 3.74. The first-order valence-electron chi connectivity index (χ1n) is 9.49. The number of hydrogen-bond acceptors (Lipinski definition) is 4. The maximum absolute atomic E-state index is 12.7. The van der Waals surface area contributed by atoms with Crippen molar-refractivity contribution in [3.05, 3.63) is 53.6 Å². The number of fused-ring (bicyclic) bond motifs is 2. The number of likely N-dealkylation sites (N-methyl/N-ethyl adjacent to an activating group) is 1. The molecule has 28 heavy (non-hydrogen) atoms. The van der Waals surface area contributed by atoms with Gasteiger partial charge in [-0.3, -0.25) is 14.4 Å². The molecule has 2 amide bonds. The van der Waals surface area contributed by atoms with Gasteiger partial charge < -0.3 is 14.5 Å². The third-order valence-electron chi connectivity index (χ3n) is 5.34. The van der Waals surface area contributed by atoms with Crippen LogP contribution in [0.2, 0.25) is 0 Å². The van der Waals surface area contributed by atoms with Gasteiger partial charge >= 0.3 is 0 Å². The van der Waals surface area contributed by atoms with Crippen LogP contribution in [-0.2, 0) is 16.0 Å². The average Bonchev–Trinajstić information content (AvgIpc) is 2.73. The highest BCUT2D eigenvalue weighted by molar-refractivity contribution is 6.03. The maximum atomic E-state index is 12.7. The molecule has 0 radical (unpaired) electrons. The van der Waals surface area contributed by atoms with E-state index in [0.717, 1.165) is 18.5 Å². The summed E-state index contributed by atoms with van der Waals surface area (Å²) in [5.74, 6) is 0.276. The number of ketones is 1. The fraction of sp³-hybridized carbons (Fsp3) is 0.318. The molecule has 0 aromatic heterocycles. The number of carbonyl (C=O) groups excluding carboxylic acids is 3. The minimum atomic E-state index is -0.156. The molecule has 0 fully saturated rings. The van der Waals surface area contributed by atoms with Crippen LogP contribution in [-0.4, -0.2) is 37.8 Å². The van der Waals surface area contributed by atoms with Crippen molar-refractivity contribution < 1.29 is 19.1 Å². The Morgan fingerprint density at radius 3 is 2.75 bits per heavy atom. The van der Waals surface area contributed by atoms with Crippen molar-refractivity contribution >= 4 is 29.0 Å². The van der Waals surface area contributed by atoms with Crippen LogP contribution in [0.15, 0.2) is 42.5 Å². The highest BCUT2D eigenvalue weighted by Gasteiger charge is 2.25. The predicted octanol–water partition coefficient (Wildman–Crippen LogP) is 2.98.